The second-order valence-corrected chi connectivity index (χ2v) is 4.33. The van der Waals surface area contributed by atoms with Crippen LogP contribution in [0.3, 0.4) is 0 Å². The van der Waals surface area contributed by atoms with Crippen LogP contribution in [0.4, 0.5) is 0 Å². The van der Waals surface area contributed by atoms with E-state index in [-0.39, 0.29) is 6.10 Å². The zero-order chi connectivity index (χ0) is 11.1. The third-order valence-corrected chi connectivity index (χ3v) is 3.25. The number of hydrogen-bond donors (Lipinski definition) is 0. The molecule has 0 bridgehead atoms. The Balaban J connectivity index is 2.10. The summed E-state index contributed by atoms with van der Waals surface area (Å²) in [6, 6.07) is 0. The van der Waals surface area contributed by atoms with E-state index in [1.54, 1.807) is 4.52 Å². The van der Waals surface area contributed by atoms with Gasteiger partial charge in [-0.3, -0.25) is 0 Å². The molecule has 84 valence electrons. The lowest BCUT2D eigenvalue weighted by Gasteiger charge is -2.27. The standard InChI is InChI=1S/C10H11ClN4O/c1-6-8(11)14-10-12-5-13-15(10)9(6)16-7-3-2-4-7/h5,7H,2-4H2,1H3. The van der Waals surface area contributed by atoms with Crippen molar-refractivity contribution in [1.82, 2.24) is 19.6 Å². The molecule has 1 fully saturated rings. The number of nitrogens with zero attached hydrogens (tertiary/aromatic N) is 4. The predicted octanol–water partition coefficient (Wildman–Crippen LogP) is 2.02. The second-order valence-electron chi connectivity index (χ2n) is 3.98. The van der Waals surface area contributed by atoms with Gasteiger partial charge in [-0.05, 0) is 26.2 Å². The molecule has 2 heterocycles. The van der Waals surface area contributed by atoms with E-state index in [4.69, 9.17) is 16.3 Å². The summed E-state index contributed by atoms with van der Waals surface area (Å²) in [4.78, 5) is 8.13. The van der Waals surface area contributed by atoms with Gasteiger partial charge in [0.15, 0.2) is 0 Å². The van der Waals surface area contributed by atoms with E-state index in [2.05, 4.69) is 15.1 Å². The fourth-order valence-electron chi connectivity index (χ4n) is 1.66. The SMILES string of the molecule is Cc1c(Cl)nc2ncnn2c1OC1CCC1. The maximum absolute atomic E-state index is 6.02. The van der Waals surface area contributed by atoms with Crippen LogP contribution in [-0.2, 0) is 0 Å². The van der Waals surface area contributed by atoms with Crippen molar-refractivity contribution in [3.63, 3.8) is 0 Å². The Morgan fingerprint density at radius 3 is 3.00 bits per heavy atom. The first-order chi connectivity index (χ1) is 7.75. The fourth-order valence-corrected chi connectivity index (χ4v) is 1.81. The average molecular weight is 239 g/mol. The molecule has 5 nitrogen and oxygen atoms in total. The first-order valence-corrected chi connectivity index (χ1v) is 5.66. The zero-order valence-electron chi connectivity index (χ0n) is 8.85. The Morgan fingerprint density at radius 2 is 2.31 bits per heavy atom. The monoisotopic (exact) mass is 238 g/mol. The van der Waals surface area contributed by atoms with Crippen LogP contribution in [-0.4, -0.2) is 25.7 Å². The molecule has 0 saturated heterocycles. The van der Waals surface area contributed by atoms with Crippen molar-refractivity contribution >= 4 is 17.4 Å². The van der Waals surface area contributed by atoms with E-state index in [9.17, 15) is 0 Å². The molecule has 0 aliphatic heterocycles. The number of rotatable bonds is 2. The lowest BCUT2D eigenvalue weighted by molar-refractivity contribution is 0.110. The summed E-state index contributed by atoms with van der Waals surface area (Å²) < 4.78 is 7.47. The molecule has 6 heteroatoms. The van der Waals surface area contributed by atoms with Crippen LogP contribution in [0.15, 0.2) is 6.33 Å². The van der Waals surface area contributed by atoms with Gasteiger partial charge in [0.05, 0.1) is 0 Å². The van der Waals surface area contributed by atoms with Gasteiger partial charge in [-0.15, -0.1) is 0 Å². The Kier molecular flexibility index (Phi) is 2.21. The summed E-state index contributed by atoms with van der Waals surface area (Å²) in [5.74, 6) is 1.14. The molecule has 2 aromatic rings. The molecular formula is C10H11ClN4O. The van der Waals surface area contributed by atoms with E-state index in [0.29, 0.717) is 16.8 Å². The first kappa shape index (κ1) is 9.84. The van der Waals surface area contributed by atoms with Gasteiger partial charge in [-0.25, -0.2) is 0 Å². The summed E-state index contributed by atoms with van der Waals surface area (Å²) in [5.41, 5.74) is 0.812. The molecule has 1 aliphatic rings. The highest BCUT2D eigenvalue weighted by Crippen LogP contribution is 2.29. The molecule has 3 rings (SSSR count). The Bertz CT molecular complexity index is 535. The summed E-state index contributed by atoms with van der Waals surface area (Å²) in [6.07, 6.45) is 5.14. The van der Waals surface area contributed by atoms with Crippen LogP contribution in [0.2, 0.25) is 5.15 Å². The van der Waals surface area contributed by atoms with E-state index in [1.165, 1.54) is 12.7 Å². The molecule has 0 atom stereocenters. The van der Waals surface area contributed by atoms with Crippen LogP contribution in [0, 0.1) is 6.92 Å². The van der Waals surface area contributed by atoms with Gasteiger partial charge in [0.1, 0.15) is 17.6 Å². The molecule has 0 radical (unpaired) electrons. The lowest BCUT2D eigenvalue weighted by Crippen LogP contribution is -2.26. The van der Waals surface area contributed by atoms with Crippen LogP contribution in [0.1, 0.15) is 24.8 Å². The normalized spacial score (nSPS) is 16.4. The van der Waals surface area contributed by atoms with Gasteiger partial charge in [0.25, 0.3) is 5.78 Å². The van der Waals surface area contributed by atoms with Crippen molar-refractivity contribution in [3.05, 3.63) is 17.0 Å². The lowest BCUT2D eigenvalue weighted by atomic mass is 9.96. The smallest absolute Gasteiger partial charge is 0.256 e. The minimum Gasteiger partial charge on any atom is -0.474 e. The van der Waals surface area contributed by atoms with Gasteiger partial charge in [-0.2, -0.15) is 19.6 Å². The average Bonchev–Trinajstić information content (AvgIpc) is 2.63. The molecule has 0 amide bonds. The minimum absolute atomic E-state index is 0.282. The highest BCUT2D eigenvalue weighted by molar-refractivity contribution is 6.30. The molecular weight excluding hydrogens is 228 g/mol. The summed E-state index contributed by atoms with van der Waals surface area (Å²) >= 11 is 6.02. The van der Waals surface area contributed by atoms with Crippen molar-refractivity contribution in [2.24, 2.45) is 0 Å². The first-order valence-electron chi connectivity index (χ1n) is 5.28. The number of aromatic nitrogens is 4. The van der Waals surface area contributed by atoms with E-state index < -0.39 is 0 Å². The fraction of sp³-hybridized carbons (Fsp3) is 0.500. The van der Waals surface area contributed by atoms with Crippen molar-refractivity contribution in [2.75, 3.05) is 0 Å². The Morgan fingerprint density at radius 1 is 1.50 bits per heavy atom. The second kappa shape index (κ2) is 3.59. The van der Waals surface area contributed by atoms with Crippen LogP contribution in [0.5, 0.6) is 5.88 Å². The van der Waals surface area contributed by atoms with Crippen LogP contribution >= 0.6 is 11.6 Å². The van der Waals surface area contributed by atoms with E-state index in [1.807, 2.05) is 6.92 Å². The Labute approximate surface area is 97.4 Å². The quantitative estimate of drug-likeness (QED) is 0.751. The van der Waals surface area contributed by atoms with Gasteiger partial charge in [0.2, 0.25) is 5.88 Å². The van der Waals surface area contributed by atoms with Crippen molar-refractivity contribution < 1.29 is 4.74 Å². The number of hydrogen-bond acceptors (Lipinski definition) is 4. The van der Waals surface area contributed by atoms with Crippen molar-refractivity contribution in [1.29, 1.82) is 0 Å². The molecule has 0 spiro atoms. The van der Waals surface area contributed by atoms with Crippen molar-refractivity contribution in [3.8, 4) is 5.88 Å². The molecule has 2 aromatic heterocycles. The zero-order valence-corrected chi connectivity index (χ0v) is 9.61. The van der Waals surface area contributed by atoms with E-state index in [0.717, 1.165) is 18.4 Å². The number of ether oxygens (including phenoxy) is 1. The van der Waals surface area contributed by atoms with Gasteiger partial charge in [0, 0.05) is 5.56 Å². The van der Waals surface area contributed by atoms with Gasteiger partial charge >= 0.3 is 0 Å². The van der Waals surface area contributed by atoms with Crippen LogP contribution in [0.25, 0.3) is 5.78 Å². The highest BCUT2D eigenvalue weighted by atomic mass is 35.5. The largest absolute Gasteiger partial charge is 0.474 e. The van der Waals surface area contributed by atoms with Gasteiger partial charge in [-0.1, -0.05) is 11.6 Å². The van der Waals surface area contributed by atoms with Crippen LogP contribution < -0.4 is 4.74 Å². The maximum Gasteiger partial charge on any atom is 0.256 e. The minimum atomic E-state index is 0.282. The van der Waals surface area contributed by atoms with Crippen molar-refractivity contribution in [2.45, 2.75) is 32.3 Å². The van der Waals surface area contributed by atoms with E-state index >= 15 is 0 Å². The van der Waals surface area contributed by atoms with Gasteiger partial charge < -0.3 is 4.74 Å². The molecule has 0 N–H and O–H groups in total. The molecule has 1 aliphatic carbocycles. The summed E-state index contributed by atoms with van der Waals surface area (Å²) in [6.45, 7) is 1.88. The maximum atomic E-state index is 6.02. The molecule has 0 unspecified atom stereocenters. The summed E-state index contributed by atoms with van der Waals surface area (Å²) in [5, 5.41) is 4.52. The topological polar surface area (TPSA) is 52.3 Å². The molecule has 16 heavy (non-hydrogen) atoms. The highest BCUT2D eigenvalue weighted by Gasteiger charge is 2.23. The Hall–Kier alpha value is -1.36. The predicted molar refractivity (Wildman–Crippen MR) is 58.8 cm³/mol. The molecule has 0 aromatic carbocycles. The third kappa shape index (κ3) is 1.43. The summed E-state index contributed by atoms with van der Waals surface area (Å²) in [7, 11) is 0. The number of fused-ring (bicyclic) bond motifs is 1. The molecule has 1 saturated carbocycles. The number of halogens is 1. The third-order valence-electron chi connectivity index (χ3n) is 2.88.